The van der Waals surface area contributed by atoms with Crippen molar-refractivity contribution in [1.82, 2.24) is 0 Å². The van der Waals surface area contributed by atoms with E-state index in [0.29, 0.717) is 6.61 Å². The van der Waals surface area contributed by atoms with Gasteiger partial charge in [0.15, 0.2) is 6.29 Å². The molecule has 0 rings (SSSR count). The fourth-order valence-electron chi connectivity index (χ4n) is 2.57. The summed E-state index contributed by atoms with van der Waals surface area (Å²) < 4.78 is 5.00. The molecule has 0 aliphatic rings. The lowest BCUT2D eigenvalue weighted by Crippen LogP contribution is -2.07. The second-order valence-corrected chi connectivity index (χ2v) is 6.26. The lowest BCUT2D eigenvalue weighted by atomic mass is 10.1. The number of allylic oxidation sites excluding steroid dienone is 2. The van der Waals surface area contributed by atoms with Crippen molar-refractivity contribution in [3.05, 3.63) is 19.1 Å². The van der Waals surface area contributed by atoms with Crippen molar-refractivity contribution in [2.45, 2.75) is 103 Å². The molecule has 0 heterocycles. The molecule has 0 fully saturated rings. The van der Waals surface area contributed by atoms with Crippen LogP contribution >= 0.6 is 0 Å². The van der Waals surface area contributed by atoms with Crippen molar-refractivity contribution < 1.29 is 9.84 Å². The maximum Gasteiger partial charge on any atom is 0.154 e. The molecule has 0 aliphatic carbocycles. The first kappa shape index (κ1) is 21.7. The van der Waals surface area contributed by atoms with Gasteiger partial charge in [0.1, 0.15) is 0 Å². The first-order valence-corrected chi connectivity index (χ1v) is 9.55. The minimum atomic E-state index is -0.858. The van der Waals surface area contributed by atoms with E-state index in [2.05, 4.69) is 26.0 Å². The Bertz CT molecular complexity index is 224. The smallest absolute Gasteiger partial charge is 0.154 e. The summed E-state index contributed by atoms with van der Waals surface area (Å²) in [4.78, 5) is 0. The van der Waals surface area contributed by atoms with Gasteiger partial charge in [-0.25, -0.2) is 0 Å². The Morgan fingerprint density at radius 2 is 1.23 bits per heavy atom. The molecule has 0 aromatic heterocycles. The first-order valence-electron chi connectivity index (χ1n) is 9.55. The van der Waals surface area contributed by atoms with Crippen LogP contribution in [0, 0.1) is 6.92 Å². The number of hydrogen-bond donors (Lipinski definition) is 1. The normalized spacial score (nSPS) is 13.0. The molecule has 2 heteroatoms. The van der Waals surface area contributed by atoms with Crippen molar-refractivity contribution in [2.75, 3.05) is 6.61 Å². The van der Waals surface area contributed by atoms with Gasteiger partial charge in [0, 0.05) is 13.5 Å². The minimum Gasteiger partial charge on any atom is -0.368 e. The number of ether oxygens (including phenoxy) is 1. The van der Waals surface area contributed by atoms with E-state index in [1.165, 1.54) is 83.5 Å². The highest BCUT2D eigenvalue weighted by molar-refractivity contribution is 4.81. The van der Waals surface area contributed by atoms with E-state index in [1.54, 1.807) is 0 Å². The lowest BCUT2D eigenvalue weighted by Gasteiger charge is -2.05. The molecule has 0 saturated heterocycles. The molecule has 22 heavy (non-hydrogen) atoms. The quantitative estimate of drug-likeness (QED) is 0.197. The van der Waals surface area contributed by atoms with E-state index >= 15 is 0 Å². The third-order valence-electron chi connectivity index (χ3n) is 3.97. The summed E-state index contributed by atoms with van der Waals surface area (Å²) >= 11 is 0. The fraction of sp³-hybridized carbons (Fsp3) is 0.850. The van der Waals surface area contributed by atoms with Gasteiger partial charge in [0.2, 0.25) is 0 Å². The van der Waals surface area contributed by atoms with Crippen LogP contribution in [0.1, 0.15) is 96.8 Å². The average Bonchev–Trinajstić information content (AvgIpc) is 2.50. The van der Waals surface area contributed by atoms with Gasteiger partial charge in [-0.3, -0.25) is 0 Å². The first-order chi connectivity index (χ1) is 10.8. The summed E-state index contributed by atoms with van der Waals surface area (Å²) in [6.07, 6.45) is 22.2. The van der Waals surface area contributed by atoms with Gasteiger partial charge in [-0.15, -0.1) is 0 Å². The Labute approximate surface area is 139 Å². The molecule has 0 spiro atoms. The highest BCUT2D eigenvalue weighted by Crippen LogP contribution is 2.10. The summed E-state index contributed by atoms with van der Waals surface area (Å²) in [5.41, 5.74) is 0. The van der Waals surface area contributed by atoms with E-state index < -0.39 is 6.29 Å². The molecule has 0 saturated carbocycles. The van der Waals surface area contributed by atoms with Gasteiger partial charge in [0.25, 0.3) is 0 Å². The molecule has 0 amide bonds. The second-order valence-electron chi connectivity index (χ2n) is 6.26. The van der Waals surface area contributed by atoms with E-state index in [9.17, 15) is 0 Å². The van der Waals surface area contributed by atoms with E-state index in [-0.39, 0.29) is 0 Å². The van der Waals surface area contributed by atoms with Gasteiger partial charge in [0.05, 0.1) is 0 Å². The minimum absolute atomic E-state index is 0.631. The van der Waals surface area contributed by atoms with Crippen LogP contribution in [-0.2, 0) is 4.74 Å². The van der Waals surface area contributed by atoms with Gasteiger partial charge in [-0.05, 0) is 32.1 Å². The monoisotopic (exact) mass is 311 g/mol. The SMILES string of the molecule is [CH2]C(O)OCCCCCCCC/C=C\CCCCCCCC. The molecular formula is C20H39O2. The van der Waals surface area contributed by atoms with Gasteiger partial charge >= 0.3 is 0 Å². The van der Waals surface area contributed by atoms with Crippen LogP contribution in [0.25, 0.3) is 0 Å². The summed E-state index contributed by atoms with van der Waals surface area (Å²) in [5.74, 6) is 0. The van der Waals surface area contributed by atoms with Crippen molar-refractivity contribution in [2.24, 2.45) is 0 Å². The van der Waals surface area contributed by atoms with E-state index in [1.807, 2.05) is 0 Å². The fourth-order valence-corrected chi connectivity index (χ4v) is 2.57. The zero-order chi connectivity index (χ0) is 16.3. The predicted octanol–water partition coefficient (Wildman–Crippen LogP) is 6.19. The predicted molar refractivity (Wildman–Crippen MR) is 96.8 cm³/mol. The molecule has 1 N–H and O–H groups in total. The maximum absolute atomic E-state index is 8.84. The van der Waals surface area contributed by atoms with Crippen LogP contribution in [0.4, 0.5) is 0 Å². The number of unbranched alkanes of at least 4 members (excludes halogenated alkanes) is 12. The Hall–Kier alpha value is -0.340. The summed E-state index contributed by atoms with van der Waals surface area (Å²) in [6, 6.07) is 0. The molecule has 0 bridgehead atoms. The van der Waals surface area contributed by atoms with Gasteiger partial charge in [-0.1, -0.05) is 76.9 Å². The maximum atomic E-state index is 8.84. The molecule has 1 radical (unpaired) electrons. The van der Waals surface area contributed by atoms with Crippen LogP contribution in [0.2, 0.25) is 0 Å². The van der Waals surface area contributed by atoms with Gasteiger partial charge in [-0.2, -0.15) is 0 Å². The molecule has 131 valence electrons. The zero-order valence-corrected chi connectivity index (χ0v) is 14.9. The summed E-state index contributed by atoms with van der Waals surface area (Å²) in [6.45, 7) is 6.28. The topological polar surface area (TPSA) is 29.5 Å². The average molecular weight is 312 g/mol. The van der Waals surface area contributed by atoms with E-state index in [4.69, 9.17) is 9.84 Å². The summed E-state index contributed by atoms with van der Waals surface area (Å²) in [7, 11) is 0. The van der Waals surface area contributed by atoms with Crippen LogP contribution in [-0.4, -0.2) is 18.0 Å². The number of hydrogen-bond acceptors (Lipinski definition) is 2. The number of rotatable bonds is 17. The third kappa shape index (κ3) is 19.7. The van der Waals surface area contributed by atoms with Crippen molar-refractivity contribution in [3.8, 4) is 0 Å². The molecule has 0 aliphatic heterocycles. The standard InChI is InChI=1S/C20H39O2/c1-3-4-5-6-7-8-9-10-11-12-13-14-15-16-17-18-19-22-20(2)21/h10-11,20-21H,2-9,12-19H2,1H3/b11-10-. The Morgan fingerprint density at radius 1 is 0.773 bits per heavy atom. The molecule has 1 unspecified atom stereocenters. The molecule has 2 nitrogen and oxygen atoms in total. The highest BCUT2D eigenvalue weighted by atomic mass is 16.6. The third-order valence-corrected chi connectivity index (χ3v) is 3.97. The van der Waals surface area contributed by atoms with Crippen molar-refractivity contribution >= 4 is 0 Å². The second kappa shape index (κ2) is 18.7. The van der Waals surface area contributed by atoms with Crippen LogP contribution < -0.4 is 0 Å². The number of aliphatic hydroxyl groups is 1. The Balaban J connectivity index is 3.05. The summed E-state index contributed by atoms with van der Waals surface area (Å²) in [5, 5.41) is 8.84. The Kier molecular flexibility index (Phi) is 18.4. The Morgan fingerprint density at radius 3 is 1.73 bits per heavy atom. The lowest BCUT2D eigenvalue weighted by molar-refractivity contribution is -0.0672. The molecule has 1 atom stereocenters. The zero-order valence-electron chi connectivity index (χ0n) is 14.9. The molecule has 0 aromatic rings. The van der Waals surface area contributed by atoms with Crippen LogP contribution in [0.15, 0.2) is 12.2 Å². The van der Waals surface area contributed by atoms with Crippen molar-refractivity contribution in [1.29, 1.82) is 0 Å². The van der Waals surface area contributed by atoms with E-state index in [0.717, 1.165) is 6.42 Å². The number of aliphatic hydroxyl groups excluding tert-OH is 1. The van der Waals surface area contributed by atoms with Crippen LogP contribution in [0.3, 0.4) is 0 Å². The highest BCUT2D eigenvalue weighted by Gasteiger charge is 1.95. The van der Waals surface area contributed by atoms with Gasteiger partial charge < -0.3 is 9.84 Å². The molecular weight excluding hydrogens is 272 g/mol. The largest absolute Gasteiger partial charge is 0.368 e. The van der Waals surface area contributed by atoms with Crippen LogP contribution in [0.5, 0.6) is 0 Å². The molecule has 0 aromatic carbocycles. The van der Waals surface area contributed by atoms with Crippen molar-refractivity contribution in [3.63, 3.8) is 0 Å².